The van der Waals surface area contributed by atoms with E-state index in [1.165, 1.54) is 18.5 Å². The molecule has 1 unspecified atom stereocenters. The molecule has 3 nitrogen and oxygen atoms in total. The smallest absolute Gasteiger partial charge is 0.0948 e. The predicted molar refractivity (Wildman–Crippen MR) is 75.4 cm³/mol. The zero-order valence-corrected chi connectivity index (χ0v) is 12.2. The SMILES string of the molecule is CC(C)C(Cn1cncc1C1CCCN1)C(C)C. The molecule has 1 aromatic heterocycles. The molecule has 102 valence electrons. The van der Waals surface area contributed by atoms with Gasteiger partial charge in [-0.15, -0.1) is 0 Å². The number of nitrogens with zero attached hydrogens (tertiary/aromatic N) is 2. The van der Waals surface area contributed by atoms with Gasteiger partial charge in [-0.3, -0.25) is 0 Å². The molecular weight excluding hydrogens is 222 g/mol. The Morgan fingerprint density at radius 2 is 2.06 bits per heavy atom. The van der Waals surface area contributed by atoms with Crippen LogP contribution in [0.1, 0.15) is 52.3 Å². The van der Waals surface area contributed by atoms with E-state index >= 15 is 0 Å². The highest BCUT2D eigenvalue weighted by Crippen LogP contribution is 2.27. The molecule has 0 saturated carbocycles. The summed E-state index contributed by atoms with van der Waals surface area (Å²) in [6, 6.07) is 0.521. The molecular formula is C15H27N3. The van der Waals surface area contributed by atoms with Crippen molar-refractivity contribution in [1.82, 2.24) is 14.9 Å². The number of aromatic nitrogens is 2. The summed E-state index contributed by atoms with van der Waals surface area (Å²) >= 11 is 0. The first kappa shape index (κ1) is 13.6. The van der Waals surface area contributed by atoms with Gasteiger partial charge in [0.25, 0.3) is 0 Å². The van der Waals surface area contributed by atoms with Crippen molar-refractivity contribution in [2.45, 2.75) is 53.1 Å². The highest BCUT2D eigenvalue weighted by Gasteiger charge is 2.23. The Morgan fingerprint density at radius 3 is 2.61 bits per heavy atom. The molecule has 0 amide bonds. The van der Waals surface area contributed by atoms with E-state index in [0.29, 0.717) is 6.04 Å². The average molecular weight is 249 g/mol. The van der Waals surface area contributed by atoms with E-state index < -0.39 is 0 Å². The van der Waals surface area contributed by atoms with Gasteiger partial charge >= 0.3 is 0 Å². The fourth-order valence-corrected chi connectivity index (χ4v) is 3.13. The van der Waals surface area contributed by atoms with Crippen LogP contribution in [0.4, 0.5) is 0 Å². The average Bonchev–Trinajstić information content (AvgIpc) is 2.95. The lowest BCUT2D eigenvalue weighted by atomic mass is 9.85. The normalized spacial score (nSPS) is 20.5. The van der Waals surface area contributed by atoms with Gasteiger partial charge in [-0.25, -0.2) is 4.98 Å². The van der Waals surface area contributed by atoms with Crippen molar-refractivity contribution < 1.29 is 0 Å². The van der Waals surface area contributed by atoms with Crippen LogP contribution < -0.4 is 5.32 Å². The van der Waals surface area contributed by atoms with Crippen molar-refractivity contribution in [2.75, 3.05) is 6.54 Å². The largest absolute Gasteiger partial charge is 0.333 e. The molecule has 0 bridgehead atoms. The summed E-state index contributed by atoms with van der Waals surface area (Å²) in [6.07, 6.45) is 6.58. The van der Waals surface area contributed by atoms with Crippen molar-refractivity contribution >= 4 is 0 Å². The third kappa shape index (κ3) is 2.94. The molecule has 1 saturated heterocycles. The number of hydrogen-bond donors (Lipinski definition) is 1. The minimum absolute atomic E-state index is 0.521. The Kier molecular flexibility index (Phi) is 4.44. The Bertz CT molecular complexity index is 354. The molecule has 0 radical (unpaired) electrons. The van der Waals surface area contributed by atoms with Crippen LogP contribution in [0.2, 0.25) is 0 Å². The Hall–Kier alpha value is -0.830. The van der Waals surface area contributed by atoms with Crippen molar-refractivity contribution in [3.8, 4) is 0 Å². The van der Waals surface area contributed by atoms with Crippen molar-refractivity contribution in [1.29, 1.82) is 0 Å². The van der Waals surface area contributed by atoms with Crippen LogP contribution in [0.5, 0.6) is 0 Å². The summed E-state index contributed by atoms with van der Waals surface area (Å²) in [5.74, 6) is 2.16. The lowest BCUT2D eigenvalue weighted by molar-refractivity contribution is 0.248. The monoisotopic (exact) mass is 249 g/mol. The second-order valence-corrected chi connectivity index (χ2v) is 6.27. The van der Waals surface area contributed by atoms with E-state index in [-0.39, 0.29) is 0 Å². The number of imidazole rings is 1. The first-order valence-corrected chi connectivity index (χ1v) is 7.33. The molecule has 1 aromatic rings. The van der Waals surface area contributed by atoms with Gasteiger partial charge in [0.15, 0.2) is 0 Å². The summed E-state index contributed by atoms with van der Waals surface area (Å²) in [7, 11) is 0. The molecule has 1 aliphatic heterocycles. The first-order valence-electron chi connectivity index (χ1n) is 7.33. The van der Waals surface area contributed by atoms with Crippen LogP contribution in [-0.4, -0.2) is 16.1 Å². The first-order chi connectivity index (χ1) is 8.59. The van der Waals surface area contributed by atoms with E-state index in [4.69, 9.17) is 0 Å². The standard InChI is InChI=1S/C15H27N3/c1-11(2)13(12(3)4)9-18-10-16-8-15(18)14-6-5-7-17-14/h8,10-14,17H,5-7,9H2,1-4H3. The van der Waals surface area contributed by atoms with Crippen molar-refractivity contribution in [2.24, 2.45) is 17.8 Å². The third-order valence-electron chi connectivity index (χ3n) is 4.28. The maximum Gasteiger partial charge on any atom is 0.0948 e. The van der Waals surface area contributed by atoms with Crippen LogP contribution in [-0.2, 0) is 6.54 Å². The van der Waals surface area contributed by atoms with Gasteiger partial charge in [-0.2, -0.15) is 0 Å². The lowest BCUT2D eigenvalue weighted by Crippen LogP contribution is -2.24. The van der Waals surface area contributed by atoms with Crippen LogP contribution in [0.15, 0.2) is 12.5 Å². The minimum atomic E-state index is 0.521. The van der Waals surface area contributed by atoms with Crippen LogP contribution in [0.25, 0.3) is 0 Å². The van der Waals surface area contributed by atoms with Gasteiger partial charge in [0, 0.05) is 18.8 Å². The van der Waals surface area contributed by atoms with Gasteiger partial charge in [-0.05, 0) is 37.1 Å². The zero-order valence-electron chi connectivity index (χ0n) is 12.2. The second-order valence-electron chi connectivity index (χ2n) is 6.27. The Morgan fingerprint density at radius 1 is 1.33 bits per heavy atom. The maximum atomic E-state index is 4.36. The molecule has 0 aliphatic carbocycles. The zero-order chi connectivity index (χ0) is 13.1. The van der Waals surface area contributed by atoms with Crippen molar-refractivity contribution in [3.05, 3.63) is 18.2 Å². The Balaban J connectivity index is 2.11. The Labute approximate surface area is 111 Å². The second kappa shape index (κ2) is 5.87. The molecule has 18 heavy (non-hydrogen) atoms. The molecule has 1 aliphatic rings. The number of nitrogens with one attached hydrogen (secondary N) is 1. The van der Waals surface area contributed by atoms with Gasteiger partial charge in [-0.1, -0.05) is 27.7 Å². The van der Waals surface area contributed by atoms with Gasteiger partial charge in [0.1, 0.15) is 0 Å². The molecule has 2 heterocycles. The minimum Gasteiger partial charge on any atom is -0.333 e. The highest BCUT2D eigenvalue weighted by molar-refractivity contribution is 5.07. The molecule has 3 heteroatoms. The molecule has 2 rings (SSSR count). The van der Waals surface area contributed by atoms with Crippen LogP contribution in [0.3, 0.4) is 0 Å². The summed E-state index contributed by atoms with van der Waals surface area (Å²) in [6.45, 7) is 11.6. The van der Waals surface area contributed by atoms with Gasteiger partial charge in [0.05, 0.1) is 12.0 Å². The van der Waals surface area contributed by atoms with Crippen LogP contribution >= 0.6 is 0 Å². The quantitative estimate of drug-likeness (QED) is 0.868. The maximum absolute atomic E-state index is 4.36. The van der Waals surface area contributed by atoms with Gasteiger partial charge in [0.2, 0.25) is 0 Å². The number of hydrogen-bond acceptors (Lipinski definition) is 2. The number of rotatable bonds is 5. The third-order valence-corrected chi connectivity index (χ3v) is 4.28. The molecule has 1 N–H and O–H groups in total. The fraction of sp³-hybridized carbons (Fsp3) is 0.800. The van der Waals surface area contributed by atoms with E-state index in [9.17, 15) is 0 Å². The van der Waals surface area contributed by atoms with E-state index in [2.05, 4.69) is 42.6 Å². The highest BCUT2D eigenvalue weighted by atomic mass is 15.1. The van der Waals surface area contributed by atoms with E-state index in [1.54, 1.807) is 0 Å². The summed E-state index contributed by atoms with van der Waals surface area (Å²) < 4.78 is 2.37. The van der Waals surface area contributed by atoms with Crippen LogP contribution in [0, 0.1) is 17.8 Å². The molecule has 1 fully saturated rings. The summed E-state index contributed by atoms with van der Waals surface area (Å²) in [5.41, 5.74) is 1.37. The molecule has 0 aromatic carbocycles. The summed E-state index contributed by atoms with van der Waals surface area (Å²) in [5, 5.41) is 3.57. The predicted octanol–water partition coefficient (Wildman–Crippen LogP) is 3.24. The van der Waals surface area contributed by atoms with Crippen molar-refractivity contribution in [3.63, 3.8) is 0 Å². The topological polar surface area (TPSA) is 29.9 Å². The lowest BCUT2D eigenvalue weighted by Gasteiger charge is -2.27. The summed E-state index contributed by atoms with van der Waals surface area (Å²) in [4.78, 5) is 4.36. The van der Waals surface area contributed by atoms with E-state index in [0.717, 1.165) is 30.8 Å². The van der Waals surface area contributed by atoms with E-state index in [1.807, 2.05) is 12.5 Å². The van der Waals surface area contributed by atoms with Gasteiger partial charge < -0.3 is 9.88 Å². The molecule has 1 atom stereocenters. The molecule has 0 spiro atoms. The fourth-order valence-electron chi connectivity index (χ4n) is 3.13.